The summed E-state index contributed by atoms with van der Waals surface area (Å²) < 4.78 is 15.9. The maximum absolute atomic E-state index is 11.1. The van der Waals surface area contributed by atoms with E-state index in [1.165, 1.54) is 20.3 Å². The van der Waals surface area contributed by atoms with Gasteiger partial charge in [-0.2, -0.15) is 0 Å². The van der Waals surface area contributed by atoms with Crippen LogP contribution in [0, 0.1) is 17.0 Å². The molecule has 0 atom stereocenters. The van der Waals surface area contributed by atoms with Gasteiger partial charge in [0.05, 0.1) is 19.1 Å². The van der Waals surface area contributed by atoms with Gasteiger partial charge in [0, 0.05) is 24.3 Å². The Kier molecular flexibility index (Phi) is 4.27. The van der Waals surface area contributed by atoms with Crippen molar-refractivity contribution >= 4 is 5.69 Å². The predicted octanol–water partition coefficient (Wildman–Crippen LogP) is 3.71. The van der Waals surface area contributed by atoms with Crippen LogP contribution in [0.1, 0.15) is 5.56 Å². The first-order valence-electron chi connectivity index (χ1n) is 6.19. The van der Waals surface area contributed by atoms with Gasteiger partial charge in [0.2, 0.25) is 5.75 Å². The van der Waals surface area contributed by atoms with Gasteiger partial charge in [-0.15, -0.1) is 0 Å². The Balaban J connectivity index is 2.40. The molecule has 0 heterocycles. The van der Waals surface area contributed by atoms with E-state index in [-0.39, 0.29) is 11.4 Å². The van der Waals surface area contributed by atoms with Gasteiger partial charge >= 0.3 is 5.69 Å². The first kappa shape index (κ1) is 14.6. The number of hydrogen-bond acceptors (Lipinski definition) is 5. The minimum atomic E-state index is -0.472. The van der Waals surface area contributed by atoms with Crippen molar-refractivity contribution < 1.29 is 19.1 Å². The fourth-order valence-corrected chi connectivity index (χ4v) is 1.82. The fourth-order valence-electron chi connectivity index (χ4n) is 1.82. The molecule has 0 aliphatic rings. The second-order valence-corrected chi connectivity index (χ2v) is 4.38. The topological polar surface area (TPSA) is 70.8 Å². The molecule has 2 aromatic carbocycles. The molecule has 6 heteroatoms. The van der Waals surface area contributed by atoms with E-state index in [9.17, 15) is 10.1 Å². The molecular formula is C15H15NO5. The lowest BCUT2D eigenvalue weighted by atomic mass is 10.2. The largest absolute Gasteiger partial charge is 0.496 e. The molecule has 0 amide bonds. The van der Waals surface area contributed by atoms with Gasteiger partial charge in [-0.3, -0.25) is 10.1 Å². The summed E-state index contributed by atoms with van der Waals surface area (Å²) in [6.07, 6.45) is 0. The number of rotatable bonds is 5. The highest BCUT2D eigenvalue weighted by molar-refractivity contribution is 5.52. The van der Waals surface area contributed by atoms with E-state index in [1.54, 1.807) is 37.3 Å². The van der Waals surface area contributed by atoms with Crippen LogP contribution in [-0.4, -0.2) is 19.1 Å². The van der Waals surface area contributed by atoms with Crippen LogP contribution in [0.2, 0.25) is 0 Å². The molecule has 0 spiro atoms. The van der Waals surface area contributed by atoms with Gasteiger partial charge < -0.3 is 14.2 Å². The average molecular weight is 289 g/mol. The molecular weight excluding hydrogens is 274 g/mol. The highest BCUT2D eigenvalue weighted by Crippen LogP contribution is 2.35. The molecule has 21 heavy (non-hydrogen) atoms. The minimum absolute atomic E-state index is 0.0863. The SMILES string of the molecule is COc1cc(OC)cc(Oc2ccc(C)cc2[N+](=O)[O-])c1. The molecule has 0 aliphatic carbocycles. The molecule has 2 aromatic rings. The zero-order valence-corrected chi connectivity index (χ0v) is 12.0. The van der Waals surface area contributed by atoms with E-state index in [0.717, 1.165) is 5.56 Å². The zero-order chi connectivity index (χ0) is 15.4. The number of nitrogens with zero attached hydrogens (tertiary/aromatic N) is 1. The lowest BCUT2D eigenvalue weighted by Crippen LogP contribution is -1.95. The van der Waals surface area contributed by atoms with Crippen molar-refractivity contribution in [1.29, 1.82) is 0 Å². The van der Waals surface area contributed by atoms with Crippen molar-refractivity contribution in [2.75, 3.05) is 14.2 Å². The molecule has 0 saturated heterocycles. The monoisotopic (exact) mass is 289 g/mol. The molecule has 0 aromatic heterocycles. The smallest absolute Gasteiger partial charge is 0.311 e. The van der Waals surface area contributed by atoms with Crippen molar-refractivity contribution in [2.45, 2.75) is 6.92 Å². The van der Waals surface area contributed by atoms with Crippen LogP contribution in [0.15, 0.2) is 36.4 Å². The van der Waals surface area contributed by atoms with Crippen molar-refractivity contribution in [3.63, 3.8) is 0 Å². The summed E-state index contributed by atoms with van der Waals surface area (Å²) in [5, 5.41) is 11.1. The Morgan fingerprint density at radius 3 is 2.05 bits per heavy atom. The number of benzene rings is 2. The van der Waals surface area contributed by atoms with Crippen LogP contribution in [-0.2, 0) is 0 Å². The van der Waals surface area contributed by atoms with Gasteiger partial charge in [-0.25, -0.2) is 0 Å². The van der Waals surface area contributed by atoms with E-state index in [4.69, 9.17) is 14.2 Å². The Morgan fingerprint density at radius 2 is 1.52 bits per heavy atom. The summed E-state index contributed by atoms with van der Waals surface area (Å²) in [6.45, 7) is 1.78. The van der Waals surface area contributed by atoms with E-state index in [1.807, 2.05) is 0 Å². The summed E-state index contributed by atoms with van der Waals surface area (Å²) in [4.78, 5) is 10.6. The van der Waals surface area contributed by atoms with Crippen LogP contribution >= 0.6 is 0 Å². The summed E-state index contributed by atoms with van der Waals surface area (Å²) in [5.74, 6) is 1.65. The standard InChI is InChI=1S/C15H15NO5/c1-10-4-5-15(14(6-10)16(17)18)21-13-8-11(19-2)7-12(9-13)20-3/h4-9H,1-3H3. The zero-order valence-electron chi connectivity index (χ0n) is 12.0. The number of nitro benzene ring substituents is 1. The molecule has 0 saturated carbocycles. The molecule has 0 bridgehead atoms. The quantitative estimate of drug-likeness (QED) is 0.619. The summed E-state index contributed by atoms with van der Waals surface area (Å²) >= 11 is 0. The summed E-state index contributed by atoms with van der Waals surface area (Å²) in [7, 11) is 3.04. The first-order chi connectivity index (χ1) is 10.0. The molecule has 6 nitrogen and oxygen atoms in total. The van der Waals surface area contributed by atoms with Gasteiger partial charge in [-0.05, 0) is 18.6 Å². The molecule has 0 radical (unpaired) electrons. The minimum Gasteiger partial charge on any atom is -0.496 e. The van der Waals surface area contributed by atoms with Crippen LogP contribution in [0.3, 0.4) is 0 Å². The third-order valence-electron chi connectivity index (χ3n) is 2.86. The van der Waals surface area contributed by atoms with E-state index in [2.05, 4.69) is 0 Å². The average Bonchev–Trinajstić information content (AvgIpc) is 2.48. The van der Waals surface area contributed by atoms with Crippen LogP contribution in [0.25, 0.3) is 0 Å². The Bertz CT molecular complexity index is 647. The summed E-state index contributed by atoms with van der Waals surface area (Å²) in [5.41, 5.74) is 0.703. The van der Waals surface area contributed by atoms with Crippen molar-refractivity contribution in [2.24, 2.45) is 0 Å². The third-order valence-corrected chi connectivity index (χ3v) is 2.86. The van der Waals surface area contributed by atoms with Gasteiger partial charge in [0.15, 0.2) is 0 Å². The molecule has 0 aliphatic heterocycles. The highest BCUT2D eigenvalue weighted by Gasteiger charge is 2.16. The predicted molar refractivity (Wildman–Crippen MR) is 77.5 cm³/mol. The maximum atomic E-state index is 11.1. The van der Waals surface area contributed by atoms with E-state index in [0.29, 0.717) is 17.2 Å². The van der Waals surface area contributed by atoms with Crippen molar-refractivity contribution in [1.82, 2.24) is 0 Å². The number of methoxy groups -OCH3 is 2. The number of nitro groups is 1. The Labute approximate surface area is 122 Å². The normalized spacial score (nSPS) is 10.0. The van der Waals surface area contributed by atoms with Crippen molar-refractivity contribution in [3.05, 3.63) is 52.1 Å². The van der Waals surface area contributed by atoms with E-state index >= 15 is 0 Å². The highest BCUT2D eigenvalue weighted by atomic mass is 16.6. The molecule has 110 valence electrons. The summed E-state index contributed by atoms with van der Waals surface area (Å²) in [6, 6.07) is 9.74. The number of ether oxygens (including phenoxy) is 3. The molecule has 0 unspecified atom stereocenters. The van der Waals surface area contributed by atoms with Crippen LogP contribution in [0.5, 0.6) is 23.0 Å². The Morgan fingerprint density at radius 1 is 0.952 bits per heavy atom. The molecule has 0 fully saturated rings. The van der Waals surface area contributed by atoms with Gasteiger partial charge in [0.25, 0.3) is 0 Å². The second kappa shape index (κ2) is 6.13. The van der Waals surface area contributed by atoms with E-state index < -0.39 is 4.92 Å². The van der Waals surface area contributed by atoms with Crippen molar-refractivity contribution in [3.8, 4) is 23.0 Å². The first-order valence-corrected chi connectivity index (χ1v) is 6.19. The number of hydrogen-bond donors (Lipinski definition) is 0. The Hall–Kier alpha value is -2.76. The number of aryl methyl sites for hydroxylation is 1. The fraction of sp³-hybridized carbons (Fsp3) is 0.200. The van der Waals surface area contributed by atoms with Gasteiger partial charge in [-0.1, -0.05) is 6.07 Å². The van der Waals surface area contributed by atoms with Crippen LogP contribution in [0.4, 0.5) is 5.69 Å². The lowest BCUT2D eigenvalue weighted by Gasteiger charge is -2.10. The third kappa shape index (κ3) is 3.42. The molecule has 2 rings (SSSR count). The lowest BCUT2D eigenvalue weighted by molar-refractivity contribution is -0.385. The van der Waals surface area contributed by atoms with Crippen LogP contribution < -0.4 is 14.2 Å². The van der Waals surface area contributed by atoms with Gasteiger partial charge in [0.1, 0.15) is 17.2 Å². The molecule has 0 N–H and O–H groups in total. The maximum Gasteiger partial charge on any atom is 0.311 e. The second-order valence-electron chi connectivity index (χ2n) is 4.38.